The summed E-state index contributed by atoms with van der Waals surface area (Å²) >= 11 is 3.24. The van der Waals surface area contributed by atoms with Crippen molar-refractivity contribution in [1.29, 1.82) is 0 Å². The molecule has 0 saturated carbocycles. The van der Waals surface area contributed by atoms with Crippen molar-refractivity contribution in [2.75, 3.05) is 20.1 Å². The predicted octanol–water partition coefficient (Wildman–Crippen LogP) is 2.80. The number of likely N-dealkylation sites (N-methyl/N-ethyl adjacent to an activating group) is 1. The topological polar surface area (TPSA) is 32.3 Å². The summed E-state index contributed by atoms with van der Waals surface area (Å²) < 4.78 is 14.2. The van der Waals surface area contributed by atoms with Crippen LogP contribution >= 0.6 is 15.9 Å². The van der Waals surface area contributed by atoms with E-state index in [0.717, 1.165) is 13.0 Å². The van der Waals surface area contributed by atoms with E-state index >= 15 is 0 Å². The van der Waals surface area contributed by atoms with Crippen LogP contribution in [-0.2, 0) is 0 Å². The first-order chi connectivity index (χ1) is 9.09. The van der Waals surface area contributed by atoms with E-state index in [9.17, 15) is 9.18 Å². The number of hydrogen-bond acceptors (Lipinski definition) is 2. The van der Waals surface area contributed by atoms with Gasteiger partial charge >= 0.3 is 0 Å². The average Bonchev–Trinajstić information content (AvgIpc) is 2.39. The van der Waals surface area contributed by atoms with E-state index in [4.69, 9.17) is 0 Å². The van der Waals surface area contributed by atoms with Crippen molar-refractivity contribution < 1.29 is 9.18 Å². The van der Waals surface area contributed by atoms with E-state index in [1.54, 1.807) is 24.1 Å². The third-order valence-corrected chi connectivity index (χ3v) is 4.09. The van der Waals surface area contributed by atoms with Gasteiger partial charge in [-0.05, 0) is 47.4 Å². The van der Waals surface area contributed by atoms with Gasteiger partial charge in [0.1, 0.15) is 5.82 Å². The minimum atomic E-state index is -0.483. The molecular formula is C14H18BrFN2O. The van der Waals surface area contributed by atoms with Crippen molar-refractivity contribution in [1.82, 2.24) is 10.2 Å². The molecule has 1 aliphatic rings. The number of piperidine rings is 1. The number of nitrogens with zero attached hydrogens (tertiary/aromatic N) is 1. The van der Waals surface area contributed by atoms with Crippen LogP contribution in [0.2, 0.25) is 0 Å². The molecule has 19 heavy (non-hydrogen) atoms. The summed E-state index contributed by atoms with van der Waals surface area (Å²) in [6, 6.07) is 4.89. The lowest BCUT2D eigenvalue weighted by Crippen LogP contribution is -2.44. The van der Waals surface area contributed by atoms with E-state index < -0.39 is 5.82 Å². The summed E-state index contributed by atoms with van der Waals surface area (Å²) in [7, 11) is 1.72. The first-order valence-electron chi connectivity index (χ1n) is 6.52. The molecule has 1 heterocycles. The second kappa shape index (κ2) is 6.48. The number of nitrogens with one attached hydrogen (secondary N) is 1. The van der Waals surface area contributed by atoms with E-state index in [1.165, 1.54) is 18.9 Å². The van der Waals surface area contributed by atoms with Gasteiger partial charge in [0.15, 0.2) is 0 Å². The first-order valence-corrected chi connectivity index (χ1v) is 7.31. The zero-order valence-corrected chi connectivity index (χ0v) is 12.5. The van der Waals surface area contributed by atoms with Crippen LogP contribution in [0.5, 0.6) is 0 Å². The Hall–Kier alpha value is -0.940. The maximum absolute atomic E-state index is 13.7. The lowest BCUT2D eigenvalue weighted by molar-refractivity contribution is 0.0769. The van der Waals surface area contributed by atoms with Crippen molar-refractivity contribution in [3.8, 4) is 0 Å². The Morgan fingerprint density at radius 1 is 1.53 bits per heavy atom. The van der Waals surface area contributed by atoms with Crippen LogP contribution in [-0.4, -0.2) is 37.0 Å². The molecule has 1 N–H and O–H groups in total. The first kappa shape index (κ1) is 14.5. The maximum atomic E-state index is 13.7. The lowest BCUT2D eigenvalue weighted by Gasteiger charge is -2.28. The number of carbonyl (C=O) groups excluding carboxylic acids is 1. The third kappa shape index (κ3) is 3.54. The highest BCUT2D eigenvalue weighted by molar-refractivity contribution is 9.10. The largest absolute Gasteiger partial charge is 0.340 e. The van der Waals surface area contributed by atoms with Crippen LogP contribution in [0.25, 0.3) is 0 Å². The highest BCUT2D eigenvalue weighted by Gasteiger charge is 2.22. The minimum absolute atomic E-state index is 0.112. The molecule has 0 radical (unpaired) electrons. The normalized spacial score (nSPS) is 19.2. The molecule has 1 aromatic carbocycles. The van der Waals surface area contributed by atoms with Crippen LogP contribution in [0.3, 0.4) is 0 Å². The fourth-order valence-electron chi connectivity index (χ4n) is 2.39. The molecule has 1 saturated heterocycles. The molecule has 1 aliphatic heterocycles. The van der Waals surface area contributed by atoms with Gasteiger partial charge in [0, 0.05) is 24.1 Å². The highest BCUT2D eigenvalue weighted by atomic mass is 79.9. The van der Waals surface area contributed by atoms with E-state index in [-0.39, 0.29) is 11.5 Å². The quantitative estimate of drug-likeness (QED) is 0.925. The number of hydrogen-bond donors (Lipinski definition) is 1. The Morgan fingerprint density at radius 2 is 2.32 bits per heavy atom. The molecule has 104 valence electrons. The molecule has 1 atom stereocenters. The minimum Gasteiger partial charge on any atom is -0.340 e. The fraction of sp³-hybridized carbons (Fsp3) is 0.500. The van der Waals surface area contributed by atoms with Gasteiger partial charge < -0.3 is 10.2 Å². The van der Waals surface area contributed by atoms with E-state index in [0.29, 0.717) is 17.1 Å². The number of benzene rings is 1. The van der Waals surface area contributed by atoms with Gasteiger partial charge in [0.2, 0.25) is 0 Å². The monoisotopic (exact) mass is 328 g/mol. The van der Waals surface area contributed by atoms with Crippen LogP contribution < -0.4 is 5.32 Å². The van der Waals surface area contributed by atoms with Crippen molar-refractivity contribution >= 4 is 21.8 Å². The van der Waals surface area contributed by atoms with Crippen LogP contribution in [0.1, 0.15) is 29.6 Å². The molecule has 0 bridgehead atoms. The predicted molar refractivity (Wildman–Crippen MR) is 76.7 cm³/mol. The highest BCUT2D eigenvalue weighted by Crippen LogP contribution is 2.21. The Balaban J connectivity index is 2.06. The fourth-order valence-corrected chi connectivity index (χ4v) is 2.90. The van der Waals surface area contributed by atoms with Crippen LogP contribution in [0, 0.1) is 5.82 Å². The van der Waals surface area contributed by atoms with Gasteiger partial charge in [-0.1, -0.05) is 12.5 Å². The summed E-state index contributed by atoms with van der Waals surface area (Å²) in [4.78, 5) is 13.9. The standard InChI is InChI=1S/C14H18BrFN2O/c1-18(9-10-5-2-3-8-17-10)14(19)13-11(15)6-4-7-12(13)16/h4,6-7,10,17H,2-3,5,8-9H2,1H3. The van der Waals surface area contributed by atoms with Gasteiger partial charge in [-0.3, -0.25) is 4.79 Å². The summed E-state index contributed by atoms with van der Waals surface area (Å²) in [5, 5.41) is 3.39. The number of amides is 1. The summed E-state index contributed by atoms with van der Waals surface area (Å²) in [6.45, 7) is 1.61. The molecule has 0 aliphatic carbocycles. The van der Waals surface area contributed by atoms with E-state index in [2.05, 4.69) is 21.2 Å². The Morgan fingerprint density at radius 3 is 2.95 bits per heavy atom. The second-order valence-corrected chi connectivity index (χ2v) is 5.78. The SMILES string of the molecule is CN(CC1CCCCN1)C(=O)c1c(F)cccc1Br. The van der Waals surface area contributed by atoms with Crippen LogP contribution in [0.15, 0.2) is 22.7 Å². The van der Waals surface area contributed by atoms with Crippen molar-refractivity contribution in [3.05, 3.63) is 34.1 Å². The van der Waals surface area contributed by atoms with Crippen molar-refractivity contribution in [3.63, 3.8) is 0 Å². The molecular weight excluding hydrogens is 311 g/mol. The van der Waals surface area contributed by atoms with Gasteiger partial charge in [-0.25, -0.2) is 4.39 Å². The zero-order valence-electron chi connectivity index (χ0n) is 11.0. The van der Waals surface area contributed by atoms with E-state index in [1.807, 2.05) is 0 Å². The molecule has 1 fully saturated rings. The Labute approximate surface area is 121 Å². The van der Waals surface area contributed by atoms with Gasteiger partial charge in [-0.2, -0.15) is 0 Å². The van der Waals surface area contributed by atoms with Gasteiger partial charge in [0.25, 0.3) is 5.91 Å². The molecule has 1 aromatic rings. The molecule has 1 amide bonds. The second-order valence-electron chi connectivity index (χ2n) is 4.93. The molecule has 0 aromatic heterocycles. The Kier molecular flexibility index (Phi) is 4.93. The molecule has 5 heteroatoms. The lowest BCUT2D eigenvalue weighted by atomic mass is 10.0. The number of rotatable bonds is 3. The van der Waals surface area contributed by atoms with Crippen LogP contribution in [0.4, 0.5) is 4.39 Å². The summed E-state index contributed by atoms with van der Waals surface area (Å²) in [5.74, 6) is -0.764. The van der Waals surface area contributed by atoms with Crippen molar-refractivity contribution in [2.24, 2.45) is 0 Å². The maximum Gasteiger partial charge on any atom is 0.257 e. The number of carbonyl (C=O) groups is 1. The molecule has 0 spiro atoms. The zero-order chi connectivity index (χ0) is 13.8. The Bertz CT molecular complexity index is 441. The summed E-state index contributed by atoms with van der Waals surface area (Å²) in [6.07, 6.45) is 3.44. The third-order valence-electron chi connectivity index (χ3n) is 3.43. The van der Waals surface area contributed by atoms with Gasteiger partial charge in [0.05, 0.1) is 5.56 Å². The smallest absolute Gasteiger partial charge is 0.257 e. The average molecular weight is 329 g/mol. The summed E-state index contributed by atoms with van der Waals surface area (Å²) in [5.41, 5.74) is 0.112. The molecule has 2 rings (SSSR count). The molecule has 3 nitrogen and oxygen atoms in total. The van der Waals surface area contributed by atoms with Gasteiger partial charge in [-0.15, -0.1) is 0 Å². The molecule has 1 unspecified atom stereocenters. The van der Waals surface area contributed by atoms with Crippen molar-refractivity contribution in [2.45, 2.75) is 25.3 Å². The number of halogens is 2.